The van der Waals surface area contributed by atoms with Gasteiger partial charge in [-0.25, -0.2) is 4.98 Å². The zero-order valence-electron chi connectivity index (χ0n) is 17.4. The summed E-state index contributed by atoms with van der Waals surface area (Å²) >= 11 is 0. The van der Waals surface area contributed by atoms with E-state index in [4.69, 9.17) is 9.72 Å². The molecular formula is C23H26N6O. The third-order valence-corrected chi connectivity index (χ3v) is 5.81. The first-order valence-corrected chi connectivity index (χ1v) is 10.3. The third-order valence-electron chi connectivity index (χ3n) is 5.81. The van der Waals surface area contributed by atoms with Crippen LogP contribution in [-0.4, -0.2) is 65.3 Å². The molecule has 0 radical (unpaired) electrons. The van der Waals surface area contributed by atoms with Crippen LogP contribution in [0.3, 0.4) is 0 Å². The van der Waals surface area contributed by atoms with E-state index in [1.54, 1.807) is 7.11 Å². The van der Waals surface area contributed by atoms with Crippen molar-refractivity contribution in [2.24, 2.45) is 0 Å². The fourth-order valence-electron chi connectivity index (χ4n) is 3.99. The Balaban J connectivity index is 1.38. The average molecular weight is 403 g/mol. The topological polar surface area (TPSA) is 69.3 Å². The van der Waals surface area contributed by atoms with Crippen molar-refractivity contribution in [3.63, 3.8) is 0 Å². The smallest absolute Gasteiger partial charge is 0.159 e. The maximum Gasteiger partial charge on any atom is 0.159 e. The minimum Gasteiger partial charge on any atom is -0.497 e. The number of aromatic nitrogens is 3. The number of anilines is 2. The molecule has 1 fully saturated rings. The Kier molecular flexibility index (Phi) is 4.98. The van der Waals surface area contributed by atoms with Gasteiger partial charge in [0.1, 0.15) is 11.3 Å². The quantitative estimate of drug-likeness (QED) is 0.532. The van der Waals surface area contributed by atoms with Gasteiger partial charge in [0.05, 0.1) is 12.6 Å². The van der Waals surface area contributed by atoms with Crippen LogP contribution in [0.1, 0.15) is 5.56 Å². The Morgan fingerprint density at radius 3 is 2.60 bits per heavy atom. The van der Waals surface area contributed by atoms with E-state index in [9.17, 15) is 0 Å². The maximum atomic E-state index is 5.36. The van der Waals surface area contributed by atoms with Crippen LogP contribution in [0.4, 0.5) is 11.5 Å². The number of fused-ring (bicyclic) bond motifs is 3. The van der Waals surface area contributed by atoms with Gasteiger partial charge in [0.2, 0.25) is 0 Å². The van der Waals surface area contributed by atoms with E-state index in [-0.39, 0.29) is 0 Å². The number of benzene rings is 2. The number of nitrogens with one attached hydrogen (secondary N) is 2. The van der Waals surface area contributed by atoms with Crippen molar-refractivity contribution < 1.29 is 4.74 Å². The van der Waals surface area contributed by atoms with E-state index >= 15 is 0 Å². The molecule has 0 unspecified atom stereocenters. The fraction of sp³-hybridized carbons (Fsp3) is 0.304. The monoisotopic (exact) mass is 402 g/mol. The van der Waals surface area contributed by atoms with Crippen molar-refractivity contribution in [1.82, 2.24) is 25.0 Å². The fourth-order valence-corrected chi connectivity index (χ4v) is 3.99. The standard InChI is InChI=1S/C23H26N6O/c1-28-9-11-29(12-10-28)15-16-3-5-17(6-4-16)25-23-22-20(14-24-27-22)19-13-18(30-2)7-8-21(19)26-23/h3-8,13-14H,9-12,15H2,1-2H3,(H,24,27)(H,25,26). The number of nitrogens with zero attached hydrogens (tertiary/aromatic N) is 4. The van der Waals surface area contributed by atoms with Crippen molar-refractivity contribution >= 4 is 33.3 Å². The van der Waals surface area contributed by atoms with Crippen molar-refractivity contribution in [2.45, 2.75) is 6.54 Å². The third kappa shape index (κ3) is 3.69. The maximum absolute atomic E-state index is 5.36. The second-order valence-electron chi connectivity index (χ2n) is 7.89. The molecule has 4 aromatic rings. The molecule has 0 amide bonds. The van der Waals surface area contributed by atoms with Crippen LogP contribution in [0, 0.1) is 0 Å². The van der Waals surface area contributed by atoms with E-state index in [0.29, 0.717) is 0 Å². The van der Waals surface area contributed by atoms with Gasteiger partial charge in [-0.2, -0.15) is 5.10 Å². The summed E-state index contributed by atoms with van der Waals surface area (Å²) in [5, 5.41) is 12.9. The zero-order chi connectivity index (χ0) is 20.5. The van der Waals surface area contributed by atoms with Crippen LogP contribution < -0.4 is 10.1 Å². The van der Waals surface area contributed by atoms with Gasteiger partial charge in [0.15, 0.2) is 5.82 Å². The molecule has 2 N–H and O–H groups in total. The van der Waals surface area contributed by atoms with Gasteiger partial charge in [-0.15, -0.1) is 0 Å². The zero-order valence-corrected chi connectivity index (χ0v) is 17.4. The largest absolute Gasteiger partial charge is 0.497 e. The van der Waals surface area contributed by atoms with Crippen LogP contribution in [0.2, 0.25) is 0 Å². The molecule has 5 rings (SSSR count). The molecule has 2 aromatic carbocycles. The van der Waals surface area contributed by atoms with E-state index in [0.717, 1.165) is 71.8 Å². The predicted octanol–water partition coefficient (Wildman–Crippen LogP) is 3.61. The van der Waals surface area contributed by atoms with E-state index in [1.807, 2.05) is 24.4 Å². The molecule has 0 spiro atoms. The molecule has 2 aromatic heterocycles. The number of methoxy groups -OCH3 is 1. The number of ether oxygens (including phenoxy) is 1. The molecule has 0 atom stereocenters. The van der Waals surface area contributed by atoms with E-state index < -0.39 is 0 Å². The summed E-state index contributed by atoms with van der Waals surface area (Å²) in [6.45, 7) is 5.52. The molecule has 0 bridgehead atoms. The highest BCUT2D eigenvalue weighted by Crippen LogP contribution is 2.31. The summed E-state index contributed by atoms with van der Waals surface area (Å²) in [5.41, 5.74) is 4.05. The normalized spacial score (nSPS) is 15.7. The van der Waals surface area contributed by atoms with Crippen LogP contribution >= 0.6 is 0 Å². The summed E-state index contributed by atoms with van der Waals surface area (Å²) < 4.78 is 5.36. The van der Waals surface area contributed by atoms with Gasteiger partial charge in [-0.05, 0) is 42.9 Å². The van der Waals surface area contributed by atoms with Crippen LogP contribution in [0.5, 0.6) is 5.75 Å². The van der Waals surface area contributed by atoms with Crippen LogP contribution in [0.15, 0.2) is 48.7 Å². The van der Waals surface area contributed by atoms with E-state index in [2.05, 4.69) is 56.6 Å². The number of H-pyrrole nitrogens is 1. The minimum atomic E-state index is 0.746. The van der Waals surface area contributed by atoms with Gasteiger partial charge in [-0.3, -0.25) is 10.00 Å². The molecular weight excluding hydrogens is 376 g/mol. The lowest BCUT2D eigenvalue weighted by Crippen LogP contribution is -2.43. The molecule has 0 aliphatic carbocycles. The molecule has 1 saturated heterocycles. The van der Waals surface area contributed by atoms with Crippen molar-refractivity contribution in [3.8, 4) is 5.75 Å². The van der Waals surface area contributed by atoms with Gasteiger partial charge in [0, 0.05) is 55.4 Å². The minimum absolute atomic E-state index is 0.746. The van der Waals surface area contributed by atoms with E-state index in [1.165, 1.54) is 5.56 Å². The summed E-state index contributed by atoms with van der Waals surface area (Å²) in [7, 11) is 3.86. The first-order chi connectivity index (χ1) is 14.7. The Morgan fingerprint density at radius 2 is 1.83 bits per heavy atom. The summed E-state index contributed by atoms with van der Waals surface area (Å²) in [5.74, 6) is 1.55. The Labute approximate surface area is 175 Å². The molecule has 0 saturated carbocycles. The summed E-state index contributed by atoms with van der Waals surface area (Å²) in [4.78, 5) is 9.70. The number of aromatic amines is 1. The number of hydrogen-bond acceptors (Lipinski definition) is 6. The van der Waals surface area contributed by atoms with Gasteiger partial charge >= 0.3 is 0 Å². The van der Waals surface area contributed by atoms with Crippen molar-refractivity contribution in [2.75, 3.05) is 45.7 Å². The Bertz CT molecular complexity index is 1160. The van der Waals surface area contributed by atoms with Crippen LogP contribution in [0.25, 0.3) is 21.8 Å². The summed E-state index contributed by atoms with van der Waals surface area (Å²) in [6, 6.07) is 14.5. The second kappa shape index (κ2) is 7.93. The molecule has 7 heteroatoms. The van der Waals surface area contributed by atoms with Crippen molar-refractivity contribution in [1.29, 1.82) is 0 Å². The highest BCUT2D eigenvalue weighted by molar-refractivity contribution is 6.09. The Hall–Kier alpha value is -3.16. The lowest BCUT2D eigenvalue weighted by molar-refractivity contribution is 0.148. The molecule has 1 aliphatic rings. The number of hydrogen-bond donors (Lipinski definition) is 2. The number of rotatable bonds is 5. The molecule has 3 heterocycles. The SMILES string of the molecule is COc1ccc2nc(Nc3ccc(CN4CCN(C)CC4)cc3)c3n[nH]cc3c2c1. The lowest BCUT2D eigenvalue weighted by Gasteiger charge is -2.32. The summed E-state index contributed by atoms with van der Waals surface area (Å²) in [6.07, 6.45) is 1.91. The van der Waals surface area contributed by atoms with Crippen molar-refractivity contribution in [3.05, 3.63) is 54.2 Å². The molecule has 154 valence electrons. The van der Waals surface area contributed by atoms with Crippen LogP contribution in [-0.2, 0) is 6.54 Å². The first kappa shape index (κ1) is 18.8. The predicted molar refractivity (Wildman–Crippen MR) is 120 cm³/mol. The average Bonchev–Trinajstić information content (AvgIpc) is 3.27. The highest BCUT2D eigenvalue weighted by Gasteiger charge is 2.14. The van der Waals surface area contributed by atoms with Gasteiger partial charge in [0.25, 0.3) is 0 Å². The molecule has 30 heavy (non-hydrogen) atoms. The number of pyridine rings is 1. The second-order valence-corrected chi connectivity index (χ2v) is 7.89. The lowest BCUT2D eigenvalue weighted by atomic mass is 10.1. The highest BCUT2D eigenvalue weighted by atomic mass is 16.5. The molecule has 7 nitrogen and oxygen atoms in total. The number of likely N-dealkylation sites (N-methyl/N-ethyl adjacent to an activating group) is 1. The van der Waals surface area contributed by atoms with Gasteiger partial charge in [-0.1, -0.05) is 12.1 Å². The molecule has 1 aliphatic heterocycles. The Morgan fingerprint density at radius 1 is 1.03 bits per heavy atom. The first-order valence-electron chi connectivity index (χ1n) is 10.3. The van der Waals surface area contributed by atoms with Gasteiger partial charge < -0.3 is 15.0 Å². The number of piperazine rings is 1.